The van der Waals surface area contributed by atoms with Gasteiger partial charge in [-0.3, -0.25) is 9.58 Å². The fourth-order valence-corrected chi connectivity index (χ4v) is 3.50. The highest BCUT2D eigenvalue weighted by atomic mass is 32.1. The van der Waals surface area contributed by atoms with Gasteiger partial charge in [0.25, 0.3) is 0 Å². The average Bonchev–Trinajstić information content (AvgIpc) is 3.10. The second-order valence-electron chi connectivity index (χ2n) is 5.40. The molecule has 0 spiro atoms. The Kier molecular flexibility index (Phi) is 3.66. The second-order valence-corrected chi connectivity index (χ2v) is 6.38. The summed E-state index contributed by atoms with van der Waals surface area (Å²) in [5.41, 5.74) is 2.64. The highest BCUT2D eigenvalue weighted by Crippen LogP contribution is 2.23. The van der Waals surface area contributed by atoms with Crippen molar-refractivity contribution in [1.82, 2.24) is 19.7 Å². The maximum atomic E-state index is 4.39. The lowest BCUT2D eigenvalue weighted by Crippen LogP contribution is -2.21. The lowest BCUT2D eigenvalue weighted by molar-refractivity contribution is 0.315. The first-order valence-corrected chi connectivity index (χ1v) is 7.68. The number of nitrogens with zero attached hydrogens (tertiary/aromatic N) is 4. The average molecular weight is 276 g/mol. The van der Waals surface area contributed by atoms with Crippen molar-refractivity contribution < 1.29 is 0 Å². The Morgan fingerprint density at radius 3 is 3.05 bits per heavy atom. The zero-order valence-electron chi connectivity index (χ0n) is 11.5. The maximum absolute atomic E-state index is 4.39. The minimum atomic E-state index is 0.767. The van der Waals surface area contributed by atoms with Crippen molar-refractivity contribution in [2.24, 2.45) is 13.0 Å². The molecule has 0 bridgehead atoms. The van der Waals surface area contributed by atoms with Crippen LogP contribution in [0.3, 0.4) is 0 Å². The molecule has 3 heterocycles. The molecule has 1 atom stereocenters. The third-order valence-electron chi connectivity index (χ3n) is 4.05. The van der Waals surface area contributed by atoms with E-state index in [4.69, 9.17) is 0 Å². The molecule has 19 heavy (non-hydrogen) atoms. The van der Waals surface area contributed by atoms with Crippen molar-refractivity contribution in [2.45, 2.75) is 26.3 Å². The number of likely N-dealkylation sites (tertiary alicyclic amines) is 1. The Bertz CT molecular complexity index is 532. The van der Waals surface area contributed by atoms with Gasteiger partial charge in [0.05, 0.1) is 11.2 Å². The standard InChI is InChI=1S/C14H20N4S/c1-11-13(8-16-17(11)2)10-18-5-3-12(9-18)7-14-15-4-6-19-14/h4,6,8,12H,3,5,7,9-10H2,1-2H3/t12-/m0/s1. The summed E-state index contributed by atoms with van der Waals surface area (Å²) in [4.78, 5) is 6.94. The fourth-order valence-electron chi connectivity index (χ4n) is 2.76. The lowest BCUT2D eigenvalue weighted by atomic mass is 10.1. The molecule has 102 valence electrons. The summed E-state index contributed by atoms with van der Waals surface area (Å²) in [6, 6.07) is 0. The van der Waals surface area contributed by atoms with Gasteiger partial charge in [-0.05, 0) is 25.8 Å². The molecule has 1 aliphatic rings. The van der Waals surface area contributed by atoms with Gasteiger partial charge in [-0.15, -0.1) is 11.3 Å². The van der Waals surface area contributed by atoms with E-state index in [1.165, 1.54) is 35.8 Å². The number of aromatic nitrogens is 3. The summed E-state index contributed by atoms with van der Waals surface area (Å²) in [7, 11) is 2.01. The van der Waals surface area contributed by atoms with Crippen LogP contribution in [0.2, 0.25) is 0 Å². The lowest BCUT2D eigenvalue weighted by Gasteiger charge is -2.15. The number of hydrogen-bond donors (Lipinski definition) is 0. The van der Waals surface area contributed by atoms with E-state index < -0.39 is 0 Å². The first kappa shape index (κ1) is 12.8. The van der Waals surface area contributed by atoms with Gasteiger partial charge in [0, 0.05) is 49.4 Å². The van der Waals surface area contributed by atoms with Crippen molar-refractivity contribution in [3.05, 3.63) is 34.0 Å². The Morgan fingerprint density at radius 2 is 2.37 bits per heavy atom. The van der Waals surface area contributed by atoms with Crippen LogP contribution in [0.25, 0.3) is 0 Å². The molecule has 3 rings (SSSR count). The van der Waals surface area contributed by atoms with Crippen LogP contribution in [0.1, 0.15) is 22.7 Å². The Morgan fingerprint density at radius 1 is 1.47 bits per heavy atom. The number of rotatable bonds is 4. The van der Waals surface area contributed by atoms with Crippen LogP contribution in [0.5, 0.6) is 0 Å². The maximum Gasteiger partial charge on any atom is 0.0928 e. The van der Waals surface area contributed by atoms with Crippen molar-refractivity contribution in [1.29, 1.82) is 0 Å². The quantitative estimate of drug-likeness (QED) is 0.859. The summed E-state index contributed by atoms with van der Waals surface area (Å²) in [6.07, 6.45) is 6.34. The van der Waals surface area contributed by atoms with Crippen LogP contribution in [0, 0.1) is 12.8 Å². The molecule has 1 aliphatic heterocycles. The van der Waals surface area contributed by atoms with E-state index in [0.29, 0.717) is 0 Å². The van der Waals surface area contributed by atoms with Crippen LogP contribution >= 0.6 is 11.3 Å². The SMILES string of the molecule is Cc1c(CN2CC[C@@H](Cc3nccs3)C2)cnn1C. The minimum absolute atomic E-state index is 0.767. The second kappa shape index (κ2) is 5.43. The summed E-state index contributed by atoms with van der Waals surface area (Å²) in [6.45, 7) is 5.57. The molecule has 5 heteroatoms. The first-order chi connectivity index (χ1) is 9.22. The van der Waals surface area contributed by atoms with Crippen LogP contribution in [0.15, 0.2) is 17.8 Å². The van der Waals surface area contributed by atoms with E-state index in [1.807, 2.05) is 24.1 Å². The summed E-state index contributed by atoms with van der Waals surface area (Å²) >= 11 is 1.78. The molecule has 0 aliphatic carbocycles. The van der Waals surface area contributed by atoms with Crippen LogP contribution in [-0.2, 0) is 20.0 Å². The third-order valence-corrected chi connectivity index (χ3v) is 4.85. The number of hydrogen-bond acceptors (Lipinski definition) is 4. The minimum Gasteiger partial charge on any atom is -0.299 e. The number of aryl methyl sites for hydroxylation is 1. The molecule has 0 aromatic carbocycles. The molecule has 0 unspecified atom stereocenters. The zero-order chi connectivity index (χ0) is 13.2. The van der Waals surface area contributed by atoms with Crippen LogP contribution < -0.4 is 0 Å². The molecule has 0 saturated carbocycles. The molecule has 1 saturated heterocycles. The molecular formula is C14H20N4S. The Hall–Kier alpha value is -1.20. The van der Waals surface area contributed by atoms with Gasteiger partial charge in [-0.1, -0.05) is 0 Å². The first-order valence-electron chi connectivity index (χ1n) is 6.80. The fraction of sp³-hybridized carbons (Fsp3) is 0.571. The number of thiazole rings is 1. The molecule has 0 amide bonds. The predicted molar refractivity (Wildman–Crippen MR) is 77.1 cm³/mol. The Balaban J connectivity index is 1.56. The van der Waals surface area contributed by atoms with Gasteiger partial charge in [-0.25, -0.2) is 4.98 Å². The van der Waals surface area contributed by atoms with E-state index in [-0.39, 0.29) is 0 Å². The van der Waals surface area contributed by atoms with E-state index >= 15 is 0 Å². The van der Waals surface area contributed by atoms with Crippen molar-refractivity contribution >= 4 is 11.3 Å². The van der Waals surface area contributed by atoms with E-state index in [9.17, 15) is 0 Å². The van der Waals surface area contributed by atoms with Crippen LogP contribution in [0.4, 0.5) is 0 Å². The summed E-state index contributed by atoms with van der Waals surface area (Å²) in [5.74, 6) is 0.767. The van der Waals surface area contributed by atoms with Gasteiger partial charge < -0.3 is 0 Å². The molecule has 0 radical (unpaired) electrons. The third kappa shape index (κ3) is 2.87. The van der Waals surface area contributed by atoms with Crippen LogP contribution in [-0.4, -0.2) is 32.8 Å². The smallest absolute Gasteiger partial charge is 0.0928 e. The molecule has 4 nitrogen and oxygen atoms in total. The van der Waals surface area contributed by atoms with E-state index in [1.54, 1.807) is 11.3 Å². The zero-order valence-corrected chi connectivity index (χ0v) is 12.4. The van der Waals surface area contributed by atoms with Gasteiger partial charge in [0.1, 0.15) is 0 Å². The normalized spacial score (nSPS) is 20.2. The van der Waals surface area contributed by atoms with Crippen molar-refractivity contribution in [3.63, 3.8) is 0 Å². The summed E-state index contributed by atoms with van der Waals surface area (Å²) in [5, 5.41) is 7.67. The monoisotopic (exact) mass is 276 g/mol. The highest BCUT2D eigenvalue weighted by molar-refractivity contribution is 7.09. The van der Waals surface area contributed by atoms with E-state index in [2.05, 4.69) is 27.3 Å². The van der Waals surface area contributed by atoms with E-state index in [0.717, 1.165) is 18.9 Å². The van der Waals surface area contributed by atoms with Crippen molar-refractivity contribution in [2.75, 3.05) is 13.1 Å². The molecule has 2 aromatic rings. The van der Waals surface area contributed by atoms with Gasteiger partial charge in [0.2, 0.25) is 0 Å². The molecular weight excluding hydrogens is 256 g/mol. The molecule has 2 aromatic heterocycles. The van der Waals surface area contributed by atoms with Gasteiger partial charge in [0.15, 0.2) is 0 Å². The molecule has 0 N–H and O–H groups in total. The largest absolute Gasteiger partial charge is 0.299 e. The molecule has 1 fully saturated rings. The summed E-state index contributed by atoms with van der Waals surface area (Å²) < 4.78 is 1.96. The highest BCUT2D eigenvalue weighted by Gasteiger charge is 2.24. The van der Waals surface area contributed by atoms with Gasteiger partial charge in [-0.2, -0.15) is 5.10 Å². The topological polar surface area (TPSA) is 34.0 Å². The van der Waals surface area contributed by atoms with Crippen molar-refractivity contribution in [3.8, 4) is 0 Å². The predicted octanol–water partition coefficient (Wildman–Crippen LogP) is 2.25. The van der Waals surface area contributed by atoms with Gasteiger partial charge >= 0.3 is 0 Å². The Labute approximate surface area is 118 Å².